The smallest absolute Gasteiger partial charge is 0.116 e. The zero-order chi connectivity index (χ0) is 72.6. The van der Waals surface area contributed by atoms with Crippen LogP contribution in [0, 0.1) is 41.5 Å². The molecule has 96 heavy (non-hydrogen) atoms. The number of hydrogen-bond donors (Lipinski definition) is 3. The molecule has 8 atom stereocenters. The summed E-state index contributed by atoms with van der Waals surface area (Å²) in [5.74, 6) is 0. The zero-order valence-electron chi connectivity index (χ0n) is 72.4. The molecular weight excluding hydrogens is 1650 g/mol. The summed E-state index contributed by atoms with van der Waals surface area (Å²) in [5, 5.41) is 7.08. The van der Waals surface area contributed by atoms with Crippen molar-refractivity contribution in [3.63, 3.8) is 0 Å². The van der Waals surface area contributed by atoms with E-state index in [1.54, 1.807) is 41.5 Å². The number of nitrogens with one attached hydrogen (secondary N) is 4. The molecule has 0 radical (unpaired) electrons. The molecule has 0 unspecified atom stereocenters. The predicted molar refractivity (Wildman–Crippen MR) is 456 cm³/mol. The summed E-state index contributed by atoms with van der Waals surface area (Å²) in [4.78, 5) is 41.9. The van der Waals surface area contributed by atoms with Gasteiger partial charge in [-0.25, -0.2) is 0 Å². The summed E-state index contributed by atoms with van der Waals surface area (Å²) >= 11 is 0. The second-order valence-electron chi connectivity index (χ2n) is 33.2. The van der Waals surface area contributed by atoms with E-state index in [0.29, 0.717) is 30.2 Å². The van der Waals surface area contributed by atoms with Crippen LogP contribution in [0.25, 0.3) is 35.3 Å². The second-order valence-corrected chi connectivity index (χ2v) is 75.4. The number of nitrogens with zero attached hydrogens (tertiary/aromatic N) is 6. The first-order valence-corrected chi connectivity index (χ1v) is 70.2. The van der Waals surface area contributed by atoms with Crippen molar-refractivity contribution in [3.05, 3.63) is 76.8 Å². The average molecular weight is 1830 g/mol. The fourth-order valence-electron chi connectivity index (χ4n) is 11.4. The second kappa shape index (κ2) is 73.3. The minimum Gasteiger partial charge on any atom is -0.680 e. The minimum absolute atomic E-state index is 0. The zero-order valence-corrected chi connectivity index (χ0v) is 100. The van der Waals surface area contributed by atoms with Crippen molar-refractivity contribution in [2.45, 2.75) is 414 Å². The van der Waals surface area contributed by atoms with Crippen molar-refractivity contribution >= 4 is 83.8 Å². The van der Waals surface area contributed by atoms with E-state index in [4.69, 9.17) is 35.3 Å². The topological polar surface area (TPSA) is 144 Å². The Balaban J connectivity index is -0.0000000761. The van der Waals surface area contributed by atoms with Crippen LogP contribution in [0.1, 0.15) is 176 Å². The van der Waals surface area contributed by atoms with Gasteiger partial charge < -0.3 is 91.8 Å². The molecule has 5 saturated carbocycles. The van der Waals surface area contributed by atoms with Crippen molar-refractivity contribution in [1.82, 2.24) is 14.9 Å². The molecule has 0 saturated heterocycles. The van der Waals surface area contributed by atoms with E-state index in [1.165, 1.54) is 135 Å². The molecule has 566 valence electrons. The molecular formula is C70H171N10Si10Zn6-13. The summed E-state index contributed by atoms with van der Waals surface area (Å²) in [6.07, 6.45) is 28.6. The van der Waals surface area contributed by atoms with Crippen LogP contribution < -0.4 is 14.9 Å². The molecule has 0 aromatic rings. The Labute approximate surface area is 698 Å². The van der Waals surface area contributed by atoms with Crippen molar-refractivity contribution < 1.29 is 117 Å². The molecule has 0 bridgehead atoms. The summed E-state index contributed by atoms with van der Waals surface area (Å²) < 4.78 is 0. The van der Waals surface area contributed by atoms with Crippen LogP contribution in [0.15, 0.2) is 0 Å². The first-order chi connectivity index (χ1) is 41.2. The van der Waals surface area contributed by atoms with Crippen LogP contribution in [0.4, 0.5) is 0 Å². The van der Waals surface area contributed by atoms with Gasteiger partial charge in [0.05, 0.1) is 0 Å². The average Bonchev–Trinajstić information content (AvgIpc) is 1.03. The molecule has 0 spiro atoms. The Morgan fingerprint density at radius 2 is 0.490 bits per heavy atom. The summed E-state index contributed by atoms with van der Waals surface area (Å²) in [6.45, 7) is 94.9. The van der Waals surface area contributed by atoms with Crippen LogP contribution in [0.5, 0.6) is 0 Å². The Morgan fingerprint density at radius 3 is 0.688 bits per heavy atom. The molecule has 5 aliphatic rings. The molecule has 0 amide bonds. The molecule has 0 aromatic carbocycles. The van der Waals surface area contributed by atoms with Gasteiger partial charge in [-0.1, -0.05) is 357 Å². The Hall–Kier alpha value is 5.51. The standard InChI is InChI=1S/C12H30N2Si2.2C12H28N2Si2.C10H25N2Si2.C9H20NSi.C3H10NSi.6C2H5.6Zn/c3*1-15(2,3)13-11-9-7-8-10-12(11)14-16(4,5)6;1-13(2)11-9-7-5-6-8-10(9)12-14(3)4;1-11(2,3)10-9-7-5-4-6-8-9;1-5(2,3)4;6*1-2;;;;;;/h11-14H,7-10H2,1-6H3;2*11-12H,7-10H2,1-6H3;9-11,13-14H,5-8H2,1-4H3;9H,4-8H2,1-3H3;4H,1-3H3;6*1H2,2H3;;;;;;/q;2*-2;9*-1;;;;;;/t11-,12-;2*11-,12+;9-,10-;;;;;;;;;;;;;;/m1..1............../s1. The van der Waals surface area contributed by atoms with Gasteiger partial charge in [-0.3, -0.25) is 0 Å². The Bertz CT molecular complexity index is 1330. The van der Waals surface area contributed by atoms with Gasteiger partial charge in [-0.2, -0.15) is 65.7 Å². The Morgan fingerprint density at radius 1 is 0.292 bits per heavy atom. The van der Waals surface area contributed by atoms with Crippen molar-refractivity contribution in [1.29, 1.82) is 0 Å². The number of rotatable bonds is 18. The third kappa shape index (κ3) is 95.6. The molecule has 26 heteroatoms. The monoisotopic (exact) mass is 1820 g/mol. The van der Waals surface area contributed by atoms with Gasteiger partial charge in [0, 0.05) is 129 Å². The molecule has 5 fully saturated rings. The normalized spacial score (nSPS) is 21.8. The fourth-order valence-corrected chi connectivity index (χ4v) is 23.2. The van der Waals surface area contributed by atoms with Gasteiger partial charge in [0.25, 0.3) is 0 Å². The van der Waals surface area contributed by atoms with Gasteiger partial charge in [0.2, 0.25) is 0 Å². The van der Waals surface area contributed by atoms with Gasteiger partial charge in [-0.15, -0.1) is 12.1 Å². The molecule has 4 N–H and O–H groups in total. The van der Waals surface area contributed by atoms with Crippen LogP contribution in [-0.4, -0.2) is 138 Å². The number of hydrogen-bond acceptors (Lipinski definition) is 3. The maximum absolute atomic E-state index is 7.08. The van der Waals surface area contributed by atoms with E-state index in [0.717, 1.165) is 24.2 Å². The largest absolute Gasteiger partial charge is 0.680 e. The Kier molecular flexibility index (Phi) is 100.0. The maximum atomic E-state index is 7.08. The third-order valence-electron chi connectivity index (χ3n) is 13.5. The summed E-state index contributed by atoms with van der Waals surface area (Å²) in [6, 6.07) is 5.77. The van der Waals surface area contributed by atoms with Crippen LogP contribution in [-0.2, 0) is 117 Å². The van der Waals surface area contributed by atoms with E-state index >= 15 is 0 Å². The van der Waals surface area contributed by atoms with E-state index in [2.05, 4.69) is 220 Å². The quantitative estimate of drug-likeness (QED) is 0.0928. The predicted octanol–water partition coefficient (Wildman–Crippen LogP) is 25.2. The van der Waals surface area contributed by atoms with Crippen LogP contribution in [0.3, 0.4) is 0 Å². The first-order valence-electron chi connectivity index (χ1n) is 36.8. The molecule has 5 aliphatic carbocycles. The van der Waals surface area contributed by atoms with Gasteiger partial charge in [0.1, 0.15) is 25.4 Å². The van der Waals surface area contributed by atoms with E-state index in [1.807, 2.05) is 19.6 Å². The summed E-state index contributed by atoms with van der Waals surface area (Å²) in [7, 11) is -11.2. The first kappa shape index (κ1) is 131. The van der Waals surface area contributed by atoms with Gasteiger partial charge >= 0.3 is 0 Å². The van der Waals surface area contributed by atoms with E-state index < -0.39 is 83.8 Å². The molecule has 10 nitrogen and oxygen atoms in total. The molecule has 5 rings (SSSR count). The van der Waals surface area contributed by atoms with Gasteiger partial charge in [0.15, 0.2) is 0 Å². The van der Waals surface area contributed by atoms with Crippen LogP contribution >= 0.6 is 0 Å². The van der Waals surface area contributed by atoms with Crippen molar-refractivity contribution in [2.75, 3.05) is 0 Å². The molecule has 0 aliphatic heterocycles. The molecule has 0 heterocycles. The summed E-state index contributed by atoms with van der Waals surface area (Å²) in [5.41, 5.74) is 0. The van der Waals surface area contributed by atoms with Crippen LogP contribution in [0.2, 0.25) is 183 Å². The SMILES string of the molecule is C[SiH](C)[N-][C@@H]1CCCC[C@H]1N[SiH](C)C.C[Si](C)(C)N[C@@H]1CCCC[C@H]1N[Si](C)(C)C.C[Si](C)(C)[N-]C1CCCCC1.C[Si](C)(C)[N-][C@H]1CCCC[C@H]1[N-][Si](C)(C)C.C[Si](C)(C)[N-][C@H]1CCCC[C@H]1[N-][Si](C)(C)C.C[Si](C)(C)[NH-].[CH2-]C.[CH2-]C.[CH2-]C.[CH2-]C.[CH2-]C.[CH2-]C.[Zn].[Zn].[Zn].[Zn].[Zn].[Zn]. The van der Waals surface area contributed by atoms with E-state index in [9.17, 15) is 0 Å². The minimum atomic E-state index is -1.36. The van der Waals surface area contributed by atoms with Gasteiger partial charge in [-0.05, 0) is 25.3 Å². The van der Waals surface area contributed by atoms with Crippen molar-refractivity contribution in [3.8, 4) is 0 Å². The van der Waals surface area contributed by atoms with Crippen molar-refractivity contribution in [2.24, 2.45) is 0 Å². The fraction of sp³-hybridized carbons (Fsp3) is 0.914. The molecule has 0 aromatic heterocycles. The third-order valence-corrected chi connectivity index (χ3v) is 23.6. The van der Waals surface area contributed by atoms with E-state index in [-0.39, 0.29) is 117 Å². The maximum Gasteiger partial charge on any atom is 0.116 e.